The molecule has 6 nitrogen and oxygen atoms in total. The molecule has 2 N–H and O–H groups in total. The van der Waals surface area contributed by atoms with E-state index in [9.17, 15) is 26.4 Å². The molecular weight excluding hydrogens is 421 g/mol. The Morgan fingerprint density at radius 2 is 1.86 bits per heavy atom. The molecule has 1 amide bonds. The Morgan fingerprint density at radius 3 is 2.46 bits per heavy atom. The molecule has 0 saturated heterocycles. The molecule has 0 saturated carbocycles. The first kappa shape index (κ1) is 22.0. The van der Waals surface area contributed by atoms with Gasteiger partial charge in [-0.05, 0) is 43.3 Å². The molecule has 0 aliphatic rings. The van der Waals surface area contributed by atoms with Crippen molar-refractivity contribution in [3.8, 4) is 5.75 Å². The molecule has 2 aromatic rings. The number of benzene rings is 2. The van der Waals surface area contributed by atoms with Gasteiger partial charge in [0.1, 0.15) is 10.6 Å². The molecule has 0 aliphatic carbocycles. The zero-order valence-electron chi connectivity index (χ0n) is 14.7. The molecule has 2 rings (SSSR count). The molecule has 11 heteroatoms. The monoisotopic (exact) mass is 436 g/mol. The summed E-state index contributed by atoms with van der Waals surface area (Å²) in [5.74, 6) is -0.828. The predicted molar refractivity (Wildman–Crippen MR) is 97.9 cm³/mol. The van der Waals surface area contributed by atoms with Crippen molar-refractivity contribution in [2.45, 2.75) is 24.0 Å². The third-order valence-electron chi connectivity index (χ3n) is 3.60. The lowest BCUT2D eigenvalue weighted by atomic mass is 10.2. The molecule has 0 spiro atoms. The van der Waals surface area contributed by atoms with Crippen LogP contribution in [0.25, 0.3) is 0 Å². The minimum Gasteiger partial charge on any atom is -0.495 e. The van der Waals surface area contributed by atoms with Gasteiger partial charge >= 0.3 is 6.18 Å². The second-order valence-corrected chi connectivity index (χ2v) is 7.82. The molecule has 28 heavy (non-hydrogen) atoms. The molecule has 0 bridgehead atoms. The first-order valence-electron chi connectivity index (χ1n) is 7.78. The zero-order valence-corrected chi connectivity index (χ0v) is 16.2. The van der Waals surface area contributed by atoms with Crippen LogP contribution in [0.15, 0.2) is 47.4 Å². The number of sulfonamides is 1. The summed E-state index contributed by atoms with van der Waals surface area (Å²) in [6.07, 6.45) is -4.57. The fraction of sp³-hybridized carbons (Fsp3) is 0.235. The Balaban J connectivity index is 2.17. The largest absolute Gasteiger partial charge is 0.495 e. The van der Waals surface area contributed by atoms with Crippen LogP contribution in [-0.4, -0.2) is 27.5 Å². The molecule has 0 heterocycles. The summed E-state index contributed by atoms with van der Waals surface area (Å²) in [7, 11) is -2.92. The van der Waals surface area contributed by atoms with Crippen LogP contribution in [0.2, 0.25) is 5.02 Å². The quantitative estimate of drug-likeness (QED) is 0.723. The van der Waals surface area contributed by atoms with Gasteiger partial charge in [-0.25, -0.2) is 8.42 Å². The Hall–Kier alpha value is -2.30. The first-order valence-corrected chi connectivity index (χ1v) is 9.64. The van der Waals surface area contributed by atoms with Gasteiger partial charge in [-0.2, -0.15) is 17.9 Å². The van der Waals surface area contributed by atoms with E-state index in [0.717, 1.165) is 24.3 Å². The lowest BCUT2D eigenvalue weighted by Crippen LogP contribution is -2.41. The van der Waals surface area contributed by atoms with E-state index >= 15 is 0 Å². The van der Waals surface area contributed by atoms with Gasteiger partial charge in [0.05, 0.1) is 18.7 Å². The molecule has 152 valence electrons. The third kappa shape index (κ3) is 5.37. The number of alkyl halides is 3. The number of anilines is 1. The average molecular weight is 437 g/mol. The topological polar surface area (TPSA) is 84.5 Å². The summed E-state index contributed by atoms with van der Waals surface area (Å²) in [5.41, 5.74) is -1.06. The highest BCUT2D eigenvalue weighted by Crippen LogP contribution is 2.31. The number of hydrogen-bond donors (Lipinski definition) is 2. The standard InChI is InChI=1S/C17H16ClF3N2O4S/c1-10(16(24)22-13-5-3-4-11(8-13)17(19,20)21)23-28(25,26)15-9-12(18)6-7-14(15)27-2/h3-10,23H,1-2H3,(H,22,24)/t10-/m1/s1. The SMILES string of the molecule is COc1ccc(Cl)cc1S(=O)(=O)N[C@H](C)C(=O)Nc1cccc(C(F)(F)F)c1. The Labute approximate surface area is 164 Å². The number of hydrogen-bond acceptors (Lipinski definition) is 4. The van der Waals surface area contributed by atoms with E-state index in [0.29, 0.717) is 0 Å². The van der Waals surface area contributed by atoms with Crippen molar-refractivity contribution in [3.63, 3.8) is 0 Å². The van der Waals surface area contributed by atoms with Crippen molar-refractivity contribution < 1.29 is 31.1 Å². The van der Waals surface area contributed by atoms with Gasteiger partial charge in [-0.3, -0.25) is 4.79 Å². The van der Waals surface area contributed by atoms with Crippen LogP contribution in [0.4, 0.5) is 18.9 Å². The van der Waals surface area contributed by atoms with Crippen molar-refractivity contribution in [1.29, 1.82) is 0 Å². The van der Waals surface area contributed by atoms with E-state index in [1.807, 2.05) is 0 Å². The van der Waals surface area contributed by atoms with Crippen molar-refractivity contribution in [2.24, 2.45) is 0 Å². The highest BCUT2D eigenvalue weighted by molar-refractivity contribution is 7.89. The molecule has 0 unspecified atom stereocenters. The van der Waals surface area contributed by atoms with E-state index in [-0.39, 0.29) is 21.4 Å². The van der Waals surface area contributed by atoms with E-state index < -0.39 is 33.7 Å². The molecule has 2 aromatic carbocycles. The second kappa shape index (κ2) is 8.38. The maximum atomic E-state index is 12.8. The number of carbonyl (C=O) groups excluding carboxylic acids is 1. The molecule has 1 atom stereocenters. The van der Waals surface area contributed by atoms with Gasteiger partial charge in [0.15, 0.2) is 0 Å². The molecule has 0 radical (unpaired) electrons. The smallest absolute Gasteiger partial charge is 0.416 e. The van der Waals surface area contributed by atoms with Gasteiger partial charge in [-0.15, -0.1) is 0 Å². The van der Waals surface area contributed by atoms with Crippen molar-refractivity contribution in [3.05, 3.63) is 53.1 Å². The van der Waals surface area contributed by atoms with Crippen molar-refractivity contribution in [2.75, 3.05) is 12.4 Å². The summed E-state index contributed by atoms with van der Waals surface area (Å²) in [5, 5.41) is 2.39. The fourth-order valence-electron chi connectivity index (χ4n) is 2.23. The molecule has 0 aliphatic heterocycles. The minimum absolute atomic E-state index is 0.0161. The normalized spacial score (nSPS) is 13.1. The summed E-state index contributed by atoms with van der Waals surface area (Å²) in [4.78, 5) is 12.0. The van der Waals surface area contributed by atoms with Crippen LogP contribution in [0.3, 0.4) is 0 Å². The number of ether oxygens (including phenoxy) is 1. The highest BCUT2D eigenvalue weighted by Gasteiger charge is 2.31. The van der Waals surface area contributed by atoms with Crippen LogP contribution < -0.4 is 14.8 Å². The van der Waals surface area contributed by atoms with Crippen LogP contribution in [0, 0.1) is 0 Å². The van der Waals surface area contributed by atoms with Gasteiger partial charge in [0, 0.05) is 10.7 Å². The number of carbonyl (C=O) groups is 1. The van der Waals surface area contributed by atoms with E-state index in [2.05, 4.69) is 10.0 Å². The number of methoxy groups -OCH3 is 1. The van der Waals surface area contributed by atoms with Gasteiger partial charge < -0.3 is 10.1 Å². The lowest BCUT2D eigenvalue weighted by Gasteiger charge is -2.16. The molecular formula is C17H16ClF3N2O4S. The minimum atomic E-state index is -4.57. The summed E-state index contributed by atoms with van der Waals surface area (Å²) in [6.45, 7) is 1.25. The summed E-state index contributed by atoms with van der Waals surface area (Å²) >= 11 is 5.82. The fourth-order valence-corrected chi connectivity index (χ4v) is 3.87. The predicted octanol–water partition coefficient (Wildman–Crippen LogP) is 3.67. The van der Waals surface area contributed by atoms with Crippen LogP contribution in [0.1, 0.15) is 12.5 Å². The highest BCUT2D eigenvalue weighted by atomic mass is 35.5. The molecule has 0 aromatic heterocycles. The average Bonchev–Trinajstić information content (AvgIpc) is 2.60. The van der Waals surface area contributed by atoms with Crippen LogP contribution >= 0.6 is 11.6 Å². The maximum absolute atomic E-state index is 12.8. The Bertz CT molecular complexity index is 981. The Kier molecular flexibility index (Phi) is 6.58. The number of amides is 1. The van der Waals surface area contributed by atoms with E-state index in [1.54, 1.807) is 0 Å². The number of rotatable bonds is 6. The lowest BCUT2D eigenvalue weighted by molar-refractivity contribution is -0.137. The maximum Gasteiger partial charge on any atom is 0.416 e. The number of halogens is 4. The Morgan fingerprint density at radius 1 is 1.18 bits per heavy atom. The third-order valence-corrected chi connectivity index (χ3v) is 5.39. The van der Waals surface area contributed by atoms with E-state index in [1.165, 1.54) is 32.2 Å². The summed E-state index contributed by atoms with van der Waals surface area (Å²) in [6, 6.07) is 6.64. The van der Waals surface area contributed by atoms with Crippen LogP contribution in [-0.2, 0) is 21.0 Å². The summed E-state index contributed by atoms with van der Waals surface area (Å²) < 4.78 is 70.5. The number of nitrogens with one attached hydrogen (secondary N) is 2. The first-order chi connectivity index (χ1) is 12.9. The van der Waals surface area contributed by atoms with Crippen molar-refractivity contribution >= 4 is 33.2 Å². The van der Waals surface area contributed by atoms with Crippen LogP contribution in [0.5, 0.6) is 5.75 Å². The van der Waals surface area contributed by atoms with Gasteiger partial charge in [-0.1, -0.05) is 17.7 Å². The van der Waals surface area contributed by atoms with Gasteiger partial charge in [0.25, 0.3) is 0 Å². The van der Waals surface area contributed by atoms with E-state index in [4.69, 9.17) is 16.3 Å². The zero-order chi connectivity index (χ0) is 21.1. The van der Waals surface area contributed by atoms with Crippen molar-refractivity contribution in [1.82, 2.24) is 4.72 Å². The van der Waals surface area contributed by atoms with Gasteiger partial charge in [0.2, 0.25) is 15.9 Å². The second-order valence-electron chi connectivity index (χ2n) is 5.71. The molecule has 0 fully saturated rings.